The van der Waals surface area contributed by atoms with E-state index in [4.69, 9.17) is 34.6 Å². The molecule has 6 rings (SSSR count). The average Bonchev–Trinajstić information content (AvgIpc) is 3.78. The fourth-order valence-corrected chi connectivity index (χ4v) is 5.12. The number of halogens is 6. The van der Waals surface area contributed by atoms with Gasteiger partial charge < -0.3 is 24.4 Å². The molecule has 1 atom stereocenters. The molecule has 13 nitrogen and oxygen atoms in total. The van der Waals surface area contributed by atoms with Crippen LogP contribution < -0.4 is 0 Å². The summed E-state index contributed by atoms with van der Waals surface area (Å²) in [5, 5.41) is 24.4. The summed E-state index contributed by atoms with van der Waals surface area (Å²) in [4.78, 5) is 37.0. The number of carbonyl (C=O) groups is 3. The minimum absolute atomic E-state index is 0.0979. The van der Waals surface area contributed by atoms with Crippen LogP contribution in [0.1, 0.15) is 30.8 Å². The average molecular weight is 674 g/mol. The monoisotopic (exact) mass is 673 g/mol. The Hall–Kier alpha value is -4.94. The van der Waals surface area contributed by atoms with Crippen LogP contribution in [0.25, 0.3) is 33.4 Å². The number of alkyl halides is 6. The van der Waals surface area contributed by atoms with E-state index in [1.807, 2.05) is 36.1 Å². The molecule has 4 aromatic rings. The van der Waals surface area contributed by atoms with E-state index in [1.165, 1.54) is 0 Å². The van der Waals surface area contributed by atoms with Gasteiger partial charge in [-0.25, -0.2) is 14.6 Å². The molecule has 2 aliphatic rings. The molecular weight excluding hydrogens is 644 g/mol. The van der Waals surface area contributed by atoms with Crippen LogP contribution in [0.5, 0.6) is 0 Å². The smallest absolute Gasteiger partial charge is 0.475 e. The summed E-state index contributed by atoms with van der Waals surface area (Å²) in [7, 11) is 3.87. The van der Waals surface area contributed by atoms with E-state index in [-0.39, 0.29) is 5.91 Å². The van der Waals surface area contributed by atoms with Gasteiger partial charge in [-0.3, -0.25) is 14.2 Å². The molecule has 1 fully saturated rings. The molecule has 19 heteroatoms. The van der Waals surface area contributed by atoms with Crippen molar-refractivity contribution in [2.75, 3.05) is 19.8 Å². The van der Waals surface area contributed by atoms with E-state index in [0.29, 0.717) is 25.6 Å². The molecule has 0 spiro atoms. The van der Waals surface area contributed by atoms with Gasteiger partial charge in [0.1, 0.15) is 11.5 Å². The molecule has 254 valence electrons. The zero-order chi connectivity index (χ0) is 34.8. The Kier molecular flexibility index (Phi) is 9.98. The zero-order valence-electron chi connectivity index (χ0n) is 25.1. The topological polar surface area (TPSA) is 158 Å². The number of hydrogen-bond donors (Lipinski definition) is 2. The van der Waals surface area contributed by atoms with Crippen LogP contribution in [-0.4, -0.2) is 94.2 Å². The number of imidazole rings is 1. The number of fused-ring (bicyclic) bond motifs is 2. The van der Waals surface area contributed by atoms with Crippen molar-refractivity contribution in [2.45, 2.75) is 44.7 Å². The number of carbonyl (C=O) groups excluding carboxylic acids is 1. The highest BCUT2D eigenvalue weighted by Gasteiger charge is 2.39. The Balaban J connectivity index is 0.000000301. The van der Waals surface area contributed by atoms with E-state index in [2.05, 4.69) is 27.9 Å². The highest BCUT2D eigenvalue weighted by atomic mass is 19.4. The number of carboxylic acid groups (broad SMARTS) is 2. The second-order valence-electron chi connectivity index (χ2n) is 10.6. The zero-order valence-corrected chi connectivity index (χ0v) is 25.1. The predicted octanol–water partition coefficient (Wildman–Crippen LogP) is 3.97. The lowest BCUT2D eigenvalue weighted by atomic mass is 10.0. The third kappa shape index (κ3) is 7.90. The molecular formula is C28H29F6N7O6. The highest BCUT2D eigenvalue weighted by molar-refractivity contribution is 5.96. The van der Waals surface area contributed by atoms with E-state index >= 15 is 0 Å². The summed E-state index contributed by atoms with van der Waals surface area (Å²) >= 11 is 0. The van der Waals surface area contributed by atoms with Crippen molar-refractivity contribution in [3.63, 3.8) is 0 Å². The van der Waals surface area contributed by atoms with E-state index in [0.717, 1.165) is 64.5 Å². The molecule has 0 aliphatic carbocycles. The fourth-order valence-electron chi connectivity index (χ4n) is 5.12. The summed E-state index contributed by atoms with van der Waals surface area (Å²) < 4.78 is 75.2. The van der Waals surface area contributed by atoms with Crippen LogP contribution in [0.3, 0.4) is 0 Å². The lowest BCUT2D eigenvalue weighted by Gasteiger charge is -2.29. The van der Waals surface area contributed by atoms with E-state index in [9.17, 15) is 31.1 Å². The lowest BCUT2D eigenvalue weighted by molar-refractivity contribution is -0.193. The van der Waals surface area contributed by atoms with Crippen LogP contribution in [-0.2, 0) is 46.3 Å². The van der Waals surface area contributed by atoms with Crippen molar-refractivity contribution in [1.29, 1.82) is 0 Å². The van der Waals surface area contributed by atoms with Gasteiger partial charge in [-0.05, 0) is 18.6 Å². The molecule has 2 aliphatic heterocycles. The van der Waals surface area contributed by atoms with Crippen LogP contribution >= 0.6 is 0 Å². The van der Waals surface area contributed by atoms with Crippen molar-refractivity contribution in [3.05, 3.63) is 42.1 Å². The number of carboxylic acids is 2. The molecule has 3 aromatic heterocycles. The van der Waals surface area contributed by atoms with Crippen molar-refractivity contribution >= 4 is 28.7 Å². The number of benzene rings is 1. The van der Waals surface area contributed by atoms with Crippen LogP contribution in [0.15, 0.2) is 30.6 Å². The first-order valence-electron chi connectivity index (χ1n) is 13.9. The van der Waals surface area contributed by atoms with Crippen molar-refractivity contribution in [1.82, 2.24) is 34.0 Å². The van der Waals surface area contributed by atoms with Crippen molar-refractivity contribution < 1.29 is 55.7 Å². The third-order valence-electron chi connectivity index (χ3n) is 7.36. The number of ether oxygens (including phenoxy) is 1. The summed E-state index contributed by atoms with van der Waals surface area (Å²) in [6.07, 6.45) is -5.36. The summed E-state index contributed by atoms with van der Waals surface area (Å²) in [6, 6.07) is 6.39. The van der Waals surface area contributed by atoms with Gasteiger partial charge in [0.25, 0.3) is 0 Å². The van der Waals surface area contributed by atoms with Gasteiger partial charge in [-0.1, -0.05) is 6.07 Å². The highest BCUT2D eigenvalue weighted by Crippen LogP contribution is 2.36. The van der Waals surface area contributed by atoms with Gasteiger partial charge >= 0.3 is 24.3 Å². The molecule has 1 unspecified atom stereocenters. The van der Waals surface area contributed by atoms with E-state index in [1.54, 1.807) is 11.6 Å². The number of aryl methyl sites for hydroxylation is 2. The lowest BCUT2D eigenvalue weighted by Crippen LogP contribution is -2.37. The fraction of sp³-hybridized carbons (Fsp3) is 0.429. The van der Waals surface area contributed by atoms with Crippen molar-refractivity contribution in [3.8, 4) is 22.5 Å². The maximum absolute atomic E-state index is 12.2. The molecule has 0 bridgehead atoms. The number of aliphatic carboxylic acids is 2. The number of amides is 1. The first-order chi connectivity index (χ1) is 21.9. The minimum Gasteiger partial charge on any atom is -0.475 e. The Morgan fingerprint density at radius 2 is 1.60 bits per heavy atom. The van der Waals surface area contributed by atoms with Gasteiger partial charge in [0.15, 0.2) is 0 Å². The Bertz CT molecular complexity index is 1760. The predicted molar refractivity (Wildman–Crippen MR) is 151 cm³/mol. The van der Waals surface area contributed by atoms with Crippen LogP contribution in [0.2, 0.25) is 0 Å². The molecule has 5 heterocycles. The van der Waals surface area contributed by atoms with Gasteiger partial charge in [0.2, 0.25) is 5.91 Å². The maximum atomic E-state index is 12.2. The summed E-state index contributed by atoms with van der Waals surface area (Å²) in [6.45, 7) is 5.18. The largest absolute Gasteiger partial charge is 0.490 e. The number of nitrogens with zero attached hydrogens (tertiary/aromatic N) is 7. The first-order valence-corrected chi connectivity index (χ1v) is 13.9. The number of rotatable bonds is 3. The maximum Gasteiger partial charge on any atom is 0.490 e. The molecule has 1 aromatic carbocycles. The normalized spacial score (nSPS) is 16.2. The Labute approximate surface area is 261 Å². The molecule has 1 saturated heterocycles. The molecule has 0 saturated carbocycles. The second kappa shape index (κ2) is 13.4. The quantitative estimate of drug-likeness (QED) is 0.307. The molecule has 2 N–H and O–H groups in total. The first kappa shape index (κ1) is 34.9. The van der Waals surface area contributed by atoms with Gasteiger partial charge in [-0.2, -0.15) is 36.5 Å². The van der Waals surface area contributed by atoms with Crippen LogP contribution in [0.4, 0.5) is 26.3 Å². The molecule has 1 amide bonds. The van der Waals surface area contributed by atoms with Gasteiger partial charge in [0.05, 0.1) is 36.3 Å². The summed E-state index contributed by atoms with van der Waals surface area (Å²) in [5.41, 5.74) is 6.04. The van der Waals surface area contributed by atoms with Crippen LogP contribution in [0, 0.1) is 0 Å². The van der Waals surface area contributed by atoms with Crippen molar-refractivity contribution in [2.24, 2.45) is 14.1 Å². The molecule has 47 heavy (non-hydrogen) atoms. The van der Waals surface area contributed by atoms with Gasteiger partial charge in [-0.15, -0.1) is 0 Å². The third-order valence-corrected chi connectivity index (χ3v) is 7.36. The standard InChI is InChI=1S/C24H27N7O2.2C2HF3O2/c1-15(32)30-7-8-31-21(13-30)23(26-24(31)17-6-9-33-14-17)16-4-5-20-19(10-16)22(27-29(20)3)18-11-25-28(2)12-18;2*3-2(4,5)1(6)7/h4-5,10-12,17H,6-9,13-14H2,1-3H3;2*(H,6,7). The number of aromatic nitrogens is 6. The van der Waals surface area contributed by atoms with Gasteiger partial charge in [0, 0.05) is 69.3 Å². The number of hydrogen-bond acceptors (Lipinski definition) is 7. The Morgan fingerprint density at radius 1 is 0.957 bits per heavy atom. The summed E-state index contributed by atoms with van der Waals surface area (Å²) in [5.74, 6) is -4.03. The SMILES string of the molecule is CC(=O)N1CCn2c(C3CCOC3)nc(-c3ccc4c(c3)c(-c3cnn(C)c3)nn4C)c2C1.O=C(O)C(F)(F)F.O=C(O)C(F)(F)F. The Morgan fingerprint density at radius 3 is 2.11 bits per heavy atom. The molecule has 0 radical (unpaired) electrons. The second-order valence-corrected chi connectivity index (χ2v) is 10.6. The van der Waals surface area contributed by atoms with E-state index < -0.39 is 24.3 Å². The minimum atomic E-state index is -5.08.